The number of rotatable bonds is 6. The third kappa shape index (κ3) is 4.27. The number of hydrogen-bond donors (Lipinski definition) is 1. The van der Waals surface area contributed by atoms with E-state index in [-0.39, 0.29) is 0 Å². The Labute approximate surface area is 162 Å². The number of carbonyl (C=O) groups is 2. The van der Waals surface area contributed by atoms with E-state index in [1.165, 1.54) is 0 Å². The highest BCUT2D eigenvalue weighted by Crippen LogP contribution is 2.28. The average Bonchev–Trinajstić information content (AvgIpc) is 2.73. The van der Waals surface area contributed by atoms with Crippen molar-refractivity contribution in [2.45, 2.75) is 6.42 Å². The number of nitriles is 1. The Morgan fingerprint density at radius 1 is 1.00 bits per heavy atom. The molecule has 0 heterocycles. The zero-order chi connectivity index (χ0) is 19.9. The van der Waals surface area contributed by atoms with Gasteiger partial charge in [-0.2, -0.15) is 5.26 Å². The summed E-state index contributed by atoms with van der Waals surface area (Å²) in [5, 5.41) is 12.8. The minimum absolute atomic E-state index is 0.307. The summed E-state index contributed by atoms with van der Waals surface area (Å²) in [4.78, 5) is 24.5. The lowest BCUT2D eigenvalue weighted by atomic mass is 10.0. The molecule has 0 saturated heterocycles. The van der Waals surface area contributed by atoms with E-state index in [4.69, 9.17) is 14.7 Å². The fraction of sp³-hybridized carbons (Fsp3) is 0.136. The molecule has 28 heavy (non-hydrogen) atoms. The summed E-state index contributed by atoms with van der Waals surface area (Å²) in [5.74, 6) is -0.373. The maximum Gasteiger partial charge on any atom is 0.339 e. The number of carbonyl (C=O) groups excluding carboxylic acids is 2. The van der Waals surface area contributed by atoms with Gasteiger partial charge in [0.2, 0.25) is 0 Å². The largest absolute Gasteiger partial charge is 0.496 e. The first-order chi connectivity index (χ1) is 13.6. The molecule has 1 amide bonds. The van der Waals surface area contributed by atoms with Crippen LogP contribution in [0.4, 0.5) is 5.69 Å². The van der Waals surface area contributed by atoms with Crippen LogP contribution in [0.2, 0.25) is 0 Å². The van der Waals surface area contributed by atoms with E-state index in [1.807, 2.05) is 18.2 Å². The normalized spacial score (nSPS) is 10.1. The first-order valence-corrected chi connectivity index (χ1v) is 8.61. The summed E-state index contributed by atoms with van der Waals surface area (Å²) in [6.45, 7) is -0.404. The van der Waals surface area contributed by atoms with Gasteiger partial charge in [-0.15, -0.1) is 0 Å². The highest BCUT2D eigenvalue weighted by Gasteiger charge is 2.15. The highest BCUT2D eigenvalue weighted by atomic mass is 16.5. The molecule has 140 valence electrons. The van der Waals surface area contributed by atoms with Crippen LogP contribution < -0.4 is 10.1 Å². The first kappa shape index (κ1) is 18.9. The van der Waals surface area contributed by atoms with E-state index in [0.717, 1.165) is 10.9 Å². The van der Waals surface area contributed by atoms with Crippen molar-refractivity contribution in [3.05, 3.63) is 71.8 Å². The van der Waals surface area contributed by atoms with Gasteiger partial charge in [0.25, 0.3) is 5.91 Å². The minimum Gasteiger partial charge on any atom is -0.496 e. The van der Waals surface area contributed by atoms with Crippen molar-refractivity contribution in [1.82, 2.24) is 0 Å². The number of methoxy groups -OCH3 is 1. The second-order valence-corrected chi connectivity index (χ2v) is 6.02. The Balaban J connectivity index is 1.65. The Kier molecular flexibility index (Phi) is 5.87. The molecule has 0 aliphatic heterocycles. The van der Waals surface area contributed by atoms with Crippen molar-refractivity contribution in [3.63, 3.8) is 0 Å². The fourth-order valence-electron chi connectivity index (χ4n) is 2.83. The van der Waals surface area contributed by atoms with Crippen LogP contribution in [0.5, 0.6) is 5.75 Å². The topological polar surface area (TPSA) is 88.4 Å². The number of esters is 1. The monoisotopic (exact) mass is 374 g/mol. The zero-order valence-corrected chi connectivity index (χ0v) is 15.3. The van der Waals surface area contributed by atoms with Crippen LogP contribution in [0.1, 0.15) is 15.9 Å². The van der Waals surface area contributed by atoms with E-state index < -0.39 is 18.5 Å². The molecule has 0 aliphatic carbocycles. The molecule has 0 saturated carbocycles. The molecule has 0 unspecified atom stereocenters. The molecular formula is C22H18N2O4. The lowest BCUT2D eigenvalue weighted by Gasteiger charge is -2.11. The van der Waals surface area contributed by atoms with Gasteiger partial charge in [0, 0.05) is 11.1 Å². The quantitative estimate of drug-likeness (QED) is 0.665. The number of nitrogens with zero attached hydrogens (tertiary/aromatic N) is 1. The number of ether oxygens (including phenoxy) is 2. The summed E-state index contributed by atoms with van der Waals surface area (Å²) < 4.78 is 10.5. The summed E-state index contributed by atoms with van der Waals surface area (Å²) in [6, 6.07) is 19.6. The molecule has 3 aromatic rings. The van der Waals surface area contributed by atoms with Crippen molar-refractivity contribution in [1.29, 1.82) is 5.26 Å². The summed E-state index contributed by atoms with van der Waals surface area (Å²) in [7, 11) is 1.57. The van der Waals surface area contributed by atoms with Crippen molar-refractivity contribution < 1.29 is 19.1 Å². The fourth-order valence-corrected chi connectivity index (χ4v) is 2.83. The predicted molar refractivity (Wildman–Crippen MR) is 105 cm³/mol. The standard InChI is InChI=1S/C22H18N2O4/c1-27-20-11-10-19(17-4-2-3-5-18(17)20)22(26)28-14-21(25)24-16-8-6-15(7-9-16)12-13-23/h2-11H,12,14H2,1H3,(H,24,25). The third-order valence-electron chi connectivity index (χ3n) is 4.18. The number of nitrogens with one attached hydrogen (secondary N) is 1. The van der Waals surface area contributed by atoms with Crippen molar-refractivity contribution in [3.8, 4) is 11.8 Å². The molecule has 0 fully saturated rings. The molecule has 0 aliphatic rings. The van der Waals surface area contributed by atoms with Crippen LogP contribution in [0.15, 0.2) is 60.7 Å². The SMILES string of the molecule is COc1ccc(C(=O)OCC(=O)Nc2ccc(CC#N)cc2)c2ccccc12. The van der Waals surface area contributed by atoms with Crippen LogP contribution in [-0.2, 0) is 16.0 Å². The summed E-state index contributed by atoms with van der Waals surface area (Å²) >= 11 is 0. The average molecular weight is 374 g/mol. The van der Waals surface area contributed by atoms with Gasteiger partial charge in [-0.25, -0.2) is 4.79 Å². The van der Waals surface area contributed by atoms with Gasteiger partial charge in [0.1, 0.15) is 5.75 Å². The molecule has 0 atom stereocenters. The van der Waals surface area contributed by atoms with Gasteiger partial charge >= 0.3 is 5.97 Å². The molecule has 0 spiro atoms. The Hall–Kier alpha value is -3.85. The van der Waals surface area contributed by atoms with Gasteiger partial charge in [0.15, 0.2) is 6.61 Å². The van der Waals surface area contributed by atoms with E-state index in [9.17, 15) is 9.59 Å². The Morgan fingerprint density at radius 3 is 2.39 bits per heavy atom. The third-order valence-corrected chi connectivity index (χ3v) is 4.18. The molecule has 6 heteroatoms. The lowest BCUT2D eigenvalue weighted by molar-refractivity contribution is -0.119. The molecule has 0 bridgehead atoms. The van der Waals surface area contributed by atoms with Crippen LogP contribution in [0.3, 0.4) is 0 Å². The molecular weight excluding hydrogens is 356 g/mol. The highest BCUT2D eigenvalue weighted by molar-refractivity contribution is 6.07. The maximum absolute atomic E-state index is 12.5. The Bertz CT molecular complexity index is 1050. The van der Waals surface area contributed by atoms with Crippen LogP contribution in [0.25, 0.3) is 10.8 Å². The number of benzene rings is 3. The molecule has 3 aromatic carbocycles. The predicted octanol–water partition coefficient (Wildman–Crippen LogP) is 3.71. The first-order valence-electron chi connectivity index (χ1n) is 8.61. The molecule has 1 N–H and O–H groups in total. The summed E-state index contributed by atoms with van der Waals surface area (Å²) in [6.07, 6.45) is 0.307. The molecule has 3 rings (SSSR count). The molecule has 6 nitrogen and oxygen atoms in total. The van der Waals surface area contributed by atoms with E-state index in [0.29, 0.717) is 28.8 Å². The lowest BCUT2D eigenvalue weighted by Crippen LogP contribution is -2.21. The van der Waals surface area contributed by atoms with Crippen molar-refractivity contribution in [2.24, 2.45) is 0 Å². The molecule has 0 radical (unpaired) electrons. The van der Waals surface area contributed by atoms with Gasteiger partial charge in [0.05, 0.1) is 25.2 Å². The van der Waals surface area contributed by atoms with Gasteiger partial charge in [-0.05, 0) is 35.2 Å². The second kappa shape index (κ2) is 8.69. The van der Waals surface area contributed by atoms with E-state index >= 15 is 0 Å². The number of fused-ring (bicyclic) bond motifs is 1. The summed E-state index contributed by atoms with van der Waals surface area (Å²) in [5.41, 5.74) is 1.79. The van der Waals surface area contributed by atoms with Crippen LogP contribution in [-0.4, -0.2) is 25.6 Å². The second-order valence-electron chi connectivity index (χ2n) is 6.02. The van der Waals surface area contributed by atoms with Crippen LogP contribution in [0, 0.1) is 11.3 Å². The van der Waals surface area contributed by atoms with Gasteiger partial charge in [-0.1, -0.05) is 36.4 Å². The number of anilines is 1. The smallest absolute Gasteiger partial charge is 0.339 e. The number of amides is 1. The Morgan fingerprint density at radius 2 is 1.71 bits per heavy atom. The molecule has 0 aromatic heterocycles. The van der Waals surface area contributed by atoms with Crippen LogP contribution >= 0.6 is 0 Å². The maximum atomic E-state index is 12.5. The van der Waals surface area contributed by atoms with Crippen molar-refractivity contribution >= 4 is 28.3 Å². The van der Waals surface area contributed by atoms with Crippen molar-refractivity contribution in [2.75, 3.05) is 19.0 Å². The van der Waals surface area contributed by atoms with Gasteiger partial charge in [-0.3, -0.25) is 4.79 Å². The van der Waals surface area contributed by atoms with Gasteiger partial charge < -0.3 is 14.8 Å². The minimum atomic E-state index is -0.585. The number of hydrogen-bond acceptors (Lipinski definition) is 5. The zero-order valence-electron chi connectivity index (χ0n) is 15.3. The van der Waals surface area contributed by atoms with E-state index in [2.05, 4.69) is 11.4 Å². The van der Waals surface area contributed by atoms with E-state index in [1.54, 1.807) is 49.6 Å².